The lowest BCUT2D eigenvalue weighted by Gasteiger charge is -2.37. The molecule has 0 aliphatic heterocycles. The number of carboxylic acid groups (broad SMARTS) is 1. The summed E-state index contributed by atoms with van der Waals surface area (Å²) in [5.41, 5.74) is -1.06. The van der Waals surface area contributed by atoms with Gasteiger partial charge in [0.25, 0.3) is 0 Å². The first kappa shape index (κ1) is 13.9. The zero-order valence-electron chi connectivity index (χ0n) is 10.0. The molecule has 0 saturated heterocycles. The number of carbonyl (C=O) groups is 2. The van der Waals surface area contributed by atoms with E-state index in [2.05, 4.69) is 0 Å². The van der Waals surface area contributed by atoms with E-state index in [-0.39, 0.29) is 5.91 Å². The Morgan fingerprint density at radius 2 is 1.80 bits per heavy atom. The second kappa shape index (κ2) is 5.73. The molecule has 1 amide bonds. The van der Waals surface area contributed by atoms with Crippen LogP contribution in [0.1, 0.15) is 47.0 Å². The highest BCUT2D eigenvalue weighted by Gasteiger charge is 2.39. The monoisotopic (exact) mass is 215 g/mol. The van der Waals surface area contributed by atoms with Gasteiger partial charge in [-0.1, -0.05) is 20.3 Å². The number of hydrogen-bond acceptors (Lipinski definition) is 2. The van der Waals surface area contributed by atoms with Gasteiger partial charge in [-0.25, -0.2) is 4.79 Å². The Labute approximate surface area is 91.3 Å². The van der Waals surface area contributed by atoms with E-state index in [1.165, 1.54) is 11.8 Å². The number of nitrogens with zero attached hydrogens (tertiary/aromatic N) is 1. The highest BCUT2D eigenvalue weighted by molar-refractivity contribution is 5.85. The van der Waals surface area contributed by atoms with Crippen LogP contribution in [-0.2, 0) is 9.59 Å². The van der Waals surface area contributed by atoms with Crippen molar-refractivity contribution >= 4 is 11.9 Å². The van der Waals surface area contributed by atoms with Crippen LogP contribution in [0.15, 0.2) is 0 Å². The minimum atomic E-state index is -1.06. The lowest BCUT2D eigenvalue weighted by molar-refractivity contribution is -0.158. The van der Waals surface area contributed by atoms with E-state index in [1.54, 1.807) is 6.92 Å². The molecule has 1 unspecified atom stereocenters. The number of aliphatic carboxylic acids is 1. The third-order valence-corrected chi connectivity index (χ3v) is 2.62. The molecule has 1 N–H and O–H groups in total. The van der Waals surface area contributed by atoms with E-state index in [0.717, 1.165) is 12.8 Å². The van der Waals surface area contributed by atoms with Crippen LogP contribution in [0, 0.1) is 0 Å². The summed E-state index contributed by atoms with van der Waals surface area (Å²) in [6.45, 7) is 7.40. The van der Waals surface area contributed by atoms with Crippen LogP contribution < -0.4 is 0 Å². The van der Waals surface area contributed by atoms with Crippen molar-refractivity contribution < 1.29 is 14.7 Å². The molecule has 0 heterocycles. The summed E-state index contributed by atoms with van der Waals surface area (Å²) >= 11 is 0. The van der Waals surface area contributed by atoms with Gasteiger partial charge in [0.1, 0.15) is 5.54 Å². The maximum Gasteiger partial charge on any atom is 0.329 e. The average molecular weight is 215 g/mol. The molecule has 0 fully saturated rings. The third kappa shape index (κ3) is 3.22. The Morgan fingerprint density at radius 3 is 2.07 bits per heavy atom. The van der Waals surface area contributed by atoms with Gasteiger partial charge >= 0.3 is 5.97 Å². The first-order valence-corrected chi connectivity index (χ1v) is 5.41. The van der Waals surface area contributed by atoms with Gasteiger partial charge in [0.15, 0.2) is 0 Å². The van der Waals surface area contributed by atoms with Crippen LogP contribution in [0.3, 0.4) is 0 Å². The molecule has 0 radical (unpaired) electrons. The Morgan fingerprint density at radius 1 is 1.27 bits per heavy atom. The van der Waals surface area contributed by atoms with Crippen LogP contribution in [-0.4, -0.2) is 34.0 Å². The number of carbonyl (C=O) groups excluding carboxylic acids is 1. The van der Waals surface area contributed by atoms with Gasteiger partial charge in [-0.3, -0.25) is 4.79 Å². The molecule has 0 aromatic rings. The second-order valence-corrected chi connectivity index (χ2v) is 4.00. The van der Waals surface area contributed by atoms with Crippen LogP contribution in [0.2, 0.25) is 0 Å². The number of rotatable bonds is 6. The summed E-state index contributed by atoms with van der Waals surface area (Å²) in [4.78, 5) is 24.1. The molecular formula is C11H21NO3. The standard InChI is InChI=1S/C11H21NO3/c1-5-7-11(4,10(14)15)12(8-6-2)9(3)13/h5-8H2,1-4H3,(H,14,15). The molecule has 1 atom stereocenters. The van der Waals surface area contributed by atoms with Gasteiger partial charge in [0, 0.05) is 13.5 Å². The Hall–Kier alpha value is -1.06. The van der Waals surface area contributed by atoms with Crippen molar-refractivity contribution in [2.75, 3.05) is 6.54 Å². The predicted octanol–water partition coefficient (Wildman–Crippen LogP) is 1.89. The lowest BCUT2D eigenvalue weighted by Crippen LogP contribution is -2.54. The van der Waals surface area contributed by atoms with E-state index in [0.29, 0.717) is 13.0 Å². The Balaban J connectivity index is 4.98. The average Bonchev–Trinajstić information content (AvgIpc) is 2.13. The Bertz CT molecular complexity index is 240. The lowest BCUT2D eigenvalue weighted by atomic mass is 9.93. The molecule has 0 saturated carbocycles. The summed E-state index contributed by atoms with van der Waals surface area (Å²) in [7, 11) is 0. The van der Waals surface area contributed by atoms with E-state index in [9.17, 15) is 14.7 Å². The molecule has 15 heavy (non-hydrogen) atoms. The summed E-state index contributed by atoms with van der Waals surface area (Å²) in [5.74, 6) is -1.09. The minimum absolute atomic E-state index is 0.171. The van der Waals surface area contributed by atoms with E-state index < -0.39 is 11.5 Å². The van der Waals surface area contributed by atoms with Crippen molar-refractivity contribution in [3.05, 3.63) is 0 Å². The van der Waals surface area contributed by atoms with Gasteiger partial charge in [-0.2, -0.15) is 0 Å². The zero-order chi connectivity index (χ0) is 12.1. The quantitative estimate of drug-likeness (QED) is 0.736. The van der Waals surface area contributed by atoms with Crippen molar-refractivity contribution in [3.63, 3.8) is 0 Å². The fourth-order valence-corrected chi connectivity index (χ4v) is 1.82. The largest absolute Gasteiger partial charge is 0.480 e. The summed E-state index contributed by atoms with van der Waals surface area (Å²) in [6, 6.07) is 0. The van der Waals surface area contributed by atoms with Gasteiger partial charge in [-0.15, -0.1) is 0 Å². The van der Waals surface area contributed by atoms with Crippen molar-refractivity contribution in [1.29, 1.82) is 0 Å². The Kier molecular flexibility index (Phi) is 5.33. The van der Waals surface area contributed by atoms with E-state index in [4.69, 9.17) is 0 Å². The summed E-state index contributed by atoms with van der Waals surface area (Å²) < 4.78 is 0. The maximum atomic E-state index is 11.4. The molecule has 0 aliphatic rings. The fraction of sp³-hybridized carbons (Fsp3) is 0.818. The molecule has 0 spiro atoms. The first-order chi connectivity index (χ1) is 6.90. The summed E-state index contributed by atoms with van der Waals surface area (Å²) in [6.07, 6.45) is 2.00. The van der Waals surface area contributed by atoms with Crippen LogP contribution in [0.4, 0.5) is 0 Å². The molecule has 88 valence electrons. The SMILES string of the molecule is CCCN(C(C)=O)C(C)(CCC)C(=O)O. The molecular weight excluding hydrogens is 194 g/mol. The fourth-order valence-electron chi connectivity index (χ4n) is 1.82. The van der Waals surface area contributed by atoms with Gasteiger partial charge in [0.2, 0.25) is 5.91 Å². The highest BCUT2D eigenvalue weighted by atomic mass is 16.4. The van der Waals surface area contributed by atoms with E-state index >= 15 is 0 Å². The molecule has 0 aromatic heterocycles. The second-order valence-electron chi connectivity index (χ2n) is 4.00. The minimum Gasteiger partial charge on any atom is -0.480 e. The highest BCUT2D eigenvalue weighted by Crippen LogP contribution is 2.22. The van der Waals surface area contributed by atoms with Crippen molar-refractivity contribution in [3.8, 4) is 0 Å². The molecule has 0 rings (SSSR count). The zero-order valence-corrected chi connectivity index (χ0v) is 10.0. The van der Waals surface area contributed by atoms with Crippen LogP contribution in [0.25, 0.3) is 0 Å². The topological polar surface area (TPSA) is 57.6 Å². The molecule has 0 bridgehead atoms. The predicted molar refractivity (Wildman–Crippen MR) is 58.6 cm³/mol. The smallest absolute Gasteiger partial charge is 0.329 e. The number of amides is 1. The van der Waals surface area contributed by atoms with Crippen molar-refractivity contribution in [1.82, 2.24) is 4.90 Å². The molecule has 4 nitrogen and oxygen atoms in total. The maximum absolute atomic E-state index is 11.4. The normalized spacial score (nSPS) is 14.4. The third-order valence-electron chi connectivity index (χ3n) is 2.62. The van der Waals surface area contributed by atoms with Gasteiger partial charge in [-0.05, 0) is 19.8 Å². The van der Waals surface area contributed by atoms with Gasteiger partial charge < -0.3 is 10.0 Å². The number of carboxylic acids is 1. The molecule has 0 aliphatic carbocycles. The molecule has 0 aromatic carbocycles. The van der Waals surface area contributed by atoms with Crippen LogP contribution >= 0.6 is 0 Å². The van der Waals surface area contributed by atoms with E-state index in [1.807, 2.05) is 13.8 Å². The van der Waals surface area contributed by atoms with Crippen LogP contribution in [0.5, 0.6) is 0 Å². The molecule has 4 heteroatoms. The summed E-state index contributed by atoms with van der Waals surface area (Å²) in [5, 5.41) is 9.22. The first-order valence-electron chi connectivity index (χ1n) is 5.41. The van der Waals surface area contributed by atoms with Gasteiger partial charge in [0.05, 0.1) is 0 Å². The van der Waals surface area contributed by atoms with Crippen molar-refractivity contribution in [2.45, 2.75) is 52.5 Å². The number of hydrogen-bond donors (Lipinski definition) is 1. The van der Waals surface area contributed by atoms with Crippen molar-refractivity contribution in [2.24, 2.45) is 0 Å².